The third-order valence-corrected chi connectivity index (χ3v) is 3.84. The lowest BCUT2D eigenvalue weighted by Gasteiger charge is -2.37. The van der Waals surface area contributed by atoms with E-state index in [2.05, 4.69) is 6.92 Å². The fraction of sp³-hybridized carbons (Fsp3) is 0.875. The molecule has 0 saturated carbocycles. The van der Waals surface area contributed by atoms with Crippen LogP contribution in [-0.4, -0.2) is 42.8 Å². The van der Waals surface area contributed by atoms with Crippen LogP contribution in [-0.2, 0) is 14.3 Å². The number of carbonyl (C=O) groups excluding carboxylic acids is 2. The minimum absolute atomic E-state index is 0.218. The van der Waals surface area contributed by atoms with Gasteiger partial charge in [-0.2, -0.15) is 0 Å². The van der Waals surface area contributed by atoms with Gasteiger partial charge in [-0.1, -0.05) is 19.8 Å². The summed E-state index contributed by atoms with van der Waals surface area (Å²) >= 11 is 0. The first-order valence-electron chi connectivity index (χ1n) is 7.84. The second-order valence-electron chi connectivity index (χ2n) is 6.75. The molecule has 0 aromatic carbocycles. The highest BCUT2D eigenvalue weighted by molar-refractivity contribution is 5.75. The van der Waals surface area contributed by atoms with Crippen LogP contribution in [0.4, 0.5) is 4.79 Å². The van der Waals surface area contributed by atoms with Crippen LogP contribution in [0.2, 0.25) is 0 Å². The Morgan fingerprint density at radius 3 is 2.48 bits per heavy atom. The van der Waals surface area contributed by atoms with Crippen LogP contribution in [0.25, 0.3) is 0 Å². The summed E-state index contributed by atoms with van der Waals surface area (Å²) in [6, 6.07) is 0. The molecule has 1 heterocycles. The molecule has 0 N–H and O–H groups in total. The molecule has 5 heteroatoms. The Morgan fingerprint density at radius 2 is 1.95 bits per heavy atom. The molecule has 1 aliphatic rings. The van der Waals surface area contributed by atoms with E-state index in [1.165, 1.54) is 7.11 Å². The molecule has 0 bridgehead atoms. The average molecular weight is 299 g/mol. The van der Waals surface area contributed by atoms with E-state index in [-0.39, 0.29) is 18.0 Å². The molecule has 0 aromatic heterocycles. The van der Waals surface area contributed by atoms with Gasteiger partial charge in [0.2, 0.25) is 0 Å². The number of piperidine rings is 1. The van der Waals surface area contributed by atoms with Gasteiger partial charge in [-0.05, 0) is 39.5 Å². The highest BCUT2D eigenvalue weighted by atomic mass is 16.6. The first-order chi connectivity index (χ1) is 9.78. The van der Waals surface area contributed by atoms with Gasteiger partial charge in [-0.3, -0.25) is 4.79 Å². The van der Waals surface area contributed by atoms with Crippen molar-refractivity contribution in [2.24, 2.45) is 11.8 Å². The number of unbranched alkanes of at least 4 members (excludes halogenated alkanes) is 1. The molecule has 0 spiro atoms. The molecule has 1 rings (SSSR count). The number of likely N-dealkylation sites (tertiary alicyclic amines) is 1. The van der Waals surface area contributed by atoms with Crippen LogP contribution in [0.1, 0.15) is 53.4 Å². The van der Waals surface area contributed by atoms with E-state index in [1.54, 1.807) is 4.90 Å². The van der Waals surface area contributed by atoms with Crippen molar-refractivity contribution in [2.45, 2.75) is 59.0 Å². The summed E-state index contributed by atoms with van der Waals surface area (Å²) in [4.78, 5) is 25.8. The fourth-order valence-electron chi connectivity index (χ4n) is 2.72. The first-order valence-corrected chi connectivity index (χ1v) is 7.84. The number of ether oxygens (including phenoxy) is 2. The zero-order valence-electron chi connectivity index (χ0n) is 14.0. The predicted octanol–water partition coefficient (Wildman–Crippen LogP) is 3.22. The SMILES string of the molecule is CCCC[C@@H]1CCN(C(=O)OC(C)(C)C)C[C@H]1C(=O)OC. The topological polar surface area (TPSA) is 55.8 Å². The largest absolute Gasteiger partial charge is 0.469 e. The number of methoxy groups -OCH3 is 1. The summed E-state index contributed by atoms with van der Waals surface area (Å²) in [5.74, 6) is -0.150. The second kappa shape index (κ2) is 7.66. The Morgan fingerprint density at radius 1 is 1.29 bits per heavy atom. The molecule has 21 heavy (non-hydrogen) atoms. The maximum atomic E-state index is 12.1. The van der Waals surface area contributed by atoms with Crippen molar-refractivity contribution in [1.29, 1.82) is 0 Å². The maximum absolute atomic E-state index is 12.1. The molecule has 1 saturated heterocycles. The lowest BCUT2D eigenvalue weighted by molar-refractivity contribution is -0.149. The average Bonchev–Trinajstić information content (AvgIpc) is 2.42. The summed E-state index contributed by atoms with van der Waals surface area (Å²) in [5.41, 5.74) is -0.517. The number of carbonyl (C=O) groups is 2. The van der Waals surface area contributed by atoms with Gasteiger partial charge in [0, 0.05) is 13.1 Å². The van der Waals surface area contributed by atoms with E-state index in [0.717, 1.165) is 25.7 Å². The first kappa shape index (κ1) is 17.8. The third kappa shape index (κ3) is 5.56. The van der Waals surface area contributed by atoms with Crippen LogP contribution in [0.15, 0.2) is 0 Å². The molecule has 1 amide bonds. The second-order valence-corrected chi connectivity index (χ2v) is 6.75. The third-order valence-electron chi connectivity index (χ3n) is 3.84. The summed E-state index contributed by atoms with van der Waals surface area (Å²) < 4.78 is 10.3. The van der Waals surface area contributed by atoms with Gasteiger partial charge in [0.25, 0.3) is 0 Å². The fourth-order valence-corrected chi connectivity index (χ4v) is 2.72. The van der Waals surface area contributed by atoms with Crippen molar-refractivity contribution in [3.05, 3.63) is 0 Å². The number of hydrogen-bond acceptors (Lipinski definition) is 4. The van der Waals surface area contributed by atoms with Gasteiger partial charge < -0.3 is 14.4 Å². The van der Waals surface area contributed by atoms with E-state index in [0.29, 0.717) is 19.0 Å². The van der Waals surface area contributed by atoms with Gasteiger partial charge in [0.05, 0.1) is 13.0 Å². The Balaban J connectivity index is 2.69. The van der Waals surface area contributed by atoms with Gasteiger partial charge in [0.1, 0.15) is 5.60 Å². The molecule has 1 aliphatic heterocycles. The van der Waals surface area contributed by atoms with Crippen molar-refractivity contribution in [1.82, 2.24) is 4.90 Å². The van der Waals surface area contributed by atoms with Crippen LogP contribution >= 0.6 is 0 Å². The van der Waals surface area contributed by atoms with Crippen LogP contribution in [0.3, 0.4) is 0 Å². The molecule has 122 valence electrons. The smallest absolute Gasteiger partial charge is 0.410 e. The maximum Gasteiger partial charge on any atom is 0.410 e. The zero-order valence-corrected chi connectivity index (χ0v) is 14.0. The summed E-state index contributed by atoms with van der Waals surface area (Å²) in [7, 11) is 1.41. The normalized spacial score (nSPS) is 22.8. The van der Waals surface area contributed by atoms with Crippen LogP contribution < -0.4 is 0 Å². The number of hydrogen-bond donors (Lipinski definition) is 0. The Kier molecular flexibility index (Phi) is 6.49. The van der Waals surface area contributed by atoms with E-state index < -0.39 is 5.60 Å². The van der Waals surface area contributed by atoms with Crippen molar-refractivity contribution in [3.8, 4) is 0 Å². The van der Waals surface area contributed by atoms with Gasteiger partial charge >= 0.3 is 12.1 Å². The summed E-state index contributed by atoms with van der Waals surface area (Å²) in [5, 5.41) is 0. The molecule has 5 nitrogen and oxygen atoms in total. The standard InChI is InChI=1S/C16H29NO4/c1-6-7-8-12-9-10-17(11-13(12)14(18)20-5)15(19)21-16(2,3)4/h12-13H,6-11H2,1-5H3/t12-,13-/m1/s1. The highest BCUT2D eigenvalue weighted by Crippen LogP contribution is 2.30. The van der Waals surface area contributed by atoms with Crippen LogP contribution in [0, 0.1) is 11.8 Å². The minimum Gasteiger partial charge on any atom is -0.469 e. The highest BCUT2D eigenvalue weighted by Gasteiger charge is 2.37. The quantitative estimate of drug-likeness (QED) is 0.748. The van der Waals surface area contributed by atoms with Crippen LogP contribution in [0.5, 0.6) is 0 Å². The Hall–Kier alpha value is -1.26. The Bertz CT molecular complexity index is 362. The molecule has 0 radical (unpaired) electrons. The molecular weight excluding hydrogens is 270 g/mol. The number of esters is 1. The van der Waals surface area contributed by atoms with Crippen molar-refractivity contribution in [3.63, 3.8) is 0 Å². The molecule has 0 unspecified atom stereocenters. The van der Waals surface area contributed by atoms with E-state index in [4.69, 9.17) is 9.47 Å². The van der Waals surface area contributed by atoms with Crippen molar-refractivity contribution < 1.29 is 19.1 Å². The molecule has 0 aromatic rings. The predicted molar refractivity (Wildman–Crippen MR) is 80.9 cm³/mol. The van der Waals surface area contributed by atoms with E-state index in [9.17, 15) is 9.59 Å². The zero-order chi connectivity index (χ0) is 16.0. The van der Waals surface area contributed by atoms with Gasteiger partial charge in [0.15, 0.2) is 0 Å². The Labute approximate surface area is 128 Å². The van der Waals surface area contributed by atoms with E-state index in [1.807, 2.05) is 20.8 Å². The van der Waals surface area contributed by atoms with Crippen molar-refractivity contribution >= 4 is 12.1 Å². The number of nitrogens with zero attached hydrogens (tertiary/aromatic N) is 1. The number of rotatable bonds is 4. The summed E-state index contributed by atoms with van der Waals surface area (Å²) in [6.45, 7) is 8.72. The lowest BCUT2D eigenvalue weighted by atomic mass is 9.82. The molecular formula is C16H29NO4. The molecule has 0 aliphatic carbocycles. The van der Waals surface area contributed by atoms with E-state index >= 15 is 0 Å². The van der Waals surface area contributed by atoms with Gasteiger partial charge in [-0.15, -0.1) is 0 Å². The van der Waals surface area contributed by atoms with Crippen molar-refractivity contribution in [2.75, 3.05) is 20.2 Å². The summed E-state index contributed by atoms with van der Waals surface area (Å²) in [6.07, 6.45) is 3.72. The lowest BCUT2D eigenvalue weighted by Crippen LogP contribution is -2.48. The minimum atomic E-state index is -0.517. The number of amides is 1. The van der Waals surface area contributed by atoms with Gasteiger partial charge in [-0.25, -0.2) is 4.79 Å². The monoisotopic (exact) mass is 299 g/mol. The molecule has 2 atom stereocenters. The molecule has 1 fully saturated rings.